The van der Waals surface area contributed by atoms with Crippen molar-refractivity contribution in [3.05, 3.63) is 0 Å². The molecule has 0 saturated heterocycles. The SMILES string of the molecule is CCCCC[C@@H](CI)C(F)(F)F. The Morgan fingerprint density at radius 3 is 2.17 bits per heavy atom. The largest absolute Gasteiger partial charge is 0.392 e. The van der Waals surface area contributed by atoms with Gasteiger partial charge in [-0.2, -0.15) is 13.2 Å². The lowest BCUT2D eigenvalue weighted by Crippen LogP contribution is -2.24. The first kappa shape index (κ1) is 12.5. The number of hydrogen-bond acceptors (Lipinski definition) is 0. The van der Waals surface area contributed by atoms with E-state index >= 15 is 0 Å². The van der Waals surface area contributed by atoms with Gasteiger partial charge in [-0.3, -0.25) is 0 Å². The number of halogens is 4. The Morgan fingerprint density at radius 1 is 1.25 bits per heavy atom. The molecule has 1 atom stereocenters. The topological polar surface area (TPSA) is 0 Å². The zero-order chi connectivity index (χ0) is 9.61. The van der Waals surface area contributed by atoms with Crippen molar-refractivity contribution >= 4 is 22.6 Å². The summed E-state index contributed by atoms with van der Waals surface area (Å²) in [6.45, 7) is 1.99. The lowest BCUT2D eigenvalue weighted by atomic mass is 10.0. The Balaban J connectivity index is 3.68. The lowest BCUT2D eigenvalue weighted by molar-refractivity contribution is -0.169. The van der Waals surface area contributed by atoms with Gasteiger partial charge in [-0.25, -0.2) is 0 Å². The van der Waals surface area contributed by atoms with Crippen LogP contribution in [0.3, 0.4) is 0 Å². The standard InChI is InChI=1S/C8H14F3I/c1-2-3-4-5-7(6-12)8(9,10)11/h7H,2-6H2,1H3/t7-/m0/s1. The lowest BCUT2D eigenvalue weighted by Gasteiger charge is -2.17. The van der Waals surface area contributed by atoms with E-state index < -0.39 is 12.1 Å². The third kappa shape index (κ3) is 5.22. The Bertz CT molecular complexity index is 111. The van der Waals surface area contributed by atoms with Crippen LogP contribution < -0.4 is 0 Å². The molecule has 0 aliphatic rings. The Labute approximate surface area is 85.1 Å². The van der Waals surface area contributed by atoms with E-state index in [2.05, 4.69) is 0 Å². The minimum Gasteiger partial charge on any atom is -0.171 e. The summed E-state index contributed by atoms with van der Waals surface area (Å²) in [4.78, 5) is 0. The average molecular weight is 294 g/mol. The van der Waals surface area contributed by atoms with Gasteiger partial charge >= 0.3 is 6.18 Å². The van der Waals surface area contributed by atoms with Gasteiger partial charge in [0.05, 0.1) is 5.92 Å². The highest BCUT2D eigenvalue weighted by atomic mass is 127. The normalized spacial score (nSPS) is 14.8. The molecule has 0 saturated carbocycles. The van der Waals surface area contributed by atoms with Crippen molar-refractivity contribution in [1.29, 1.82) is 0 Å². The van der Waals surface area contributed by atoms with Crippen molar-refractivity contribution in [3.63, 3.8) is 0 Å². The summed E-state index contributed by atoms with van der Waals surface area (Å²) < 4.78 is 36.6. The predicted octanol–water partition coefficient (Wildman–Crippen LogP) is 4.18. The van der Waals surface area contributed by atoms with Gasteiger partial charge in [0.15, 0.2) is 0 Å². The van der Waals surface area contributed by atoms with Gasteiger partial charge in [0.25, 0.3) is 0 Å². The fraction of sp³-hybridized carbons (Fsp3) is 1.00. The van der Waals surface area contributed by atoms with Gasteiger partial charge in [-0.1, -0.05) is 48.8 Å². The minimum absolute atomic E-state index is 0.185. The number of unbranched alkanes of at least 4 members (excludes halogenated alkanes) is 2. The van der Waals surface area contributed by atoms with E-state index in [1.165, 1.54) is 0 Å². The molecule has 0 aliphatic heterocycles. The monoisotopic (exact) mass is 294 g/mol. The molecule has 0 aliphatic carbocycles. The fourth-order valence-corrected chi connectivity index (χ4v) is 1.91. The zero-order valence-corrected chi connectivity index (χ0v) is 9.28. The van der Waals surface area contributed by atoms with Crippen LogP contribution >= 0.6 is 22.6 Å². The van der Waals surface area contributed by atoms with Gasteiger partial charge in [0.2, 0.25) is 0 Å². The fourth-order valence-electron chi connectivity index (χ4n) is 0.969. The van der Waals surface area contributed by atoms with E-state index in [0.717, 1.165) is 12.8 Å². The summed E-state index contributed by atoms with van der Waals surface area (Å²) in [6.07, 6.45) is -1.12. The molecule has 0 aromatic carbocycles. The summed E-state index contributed by atoms with van der Waals surface area (Å²) in [5.74, 6) is -1.09. The maximum atomic E-state index is 12.1. The molecule has 0 unspecified atom stereocenters. The first-order chi connectivity index (χ1) is 5.52. The molecule has 0 heterocycles. The molecule has 4 heteroatoms. The van der Waals surface area contributed by atoms with Gasteiger partial charge in [0.1, 0.15) is 0 Å². The van der Waals surface area contributed by atoms with Crippen LogP contribution in [0.25, 0.3) is 0 Å². The third-order valence-corrected chi connectivity index (χ3v) is 2.87. The second kappa shape index (κ2) is 6.05. The van der Waals surface area contributed by atoms with Crippen molar-refractivity contribution in [2.75, 3.05) is 4.43 Å². The number of hydrogen-bond donors (Lipinski definition) is 0. The van der Waals surface area contributed by atoms with Crippen molar-refractivity contribution in [3.8, 4) is 0 Å². The van der Waals surface area contributed by atoms with Crippen LogP contribution in [0.15, 0.2) is 0 Å². The van der Waals surface area contributed by atoms with Crippen LogP contribution in [-0.4, -0.2) is 10.6 Å². The molecule has 0 radical (unpaired) electrons. The summed E-state index contributed by atoms with van der Waals surface area (Å²) in [5, 5.41) is 0. The van der Waals surface area contributed by atoms with E-state index in [0.29, 0.717) is 12.8 Å². The Morgan fingerprint density at radius 2 is 1.83 bits per heavy atom. The van der Waals surface area contributed by atoms with E-state index in [1.807, 2.05) is 6.92 Å². The molecule has 0 bridgehead atoms. The molecule has 0 fully saturated rings. The Kier molecular flexibility index (Phi) is 6.31. The molecule has 0 N–H and O–H groups in total. The summed E-state index contributed by atoms with van der Waals surface area (Å²) >= 11 is 1.81. The van der Waals surface area contributed by atoms with Crippen molar-refractivity contribution in [2.45, 2.75) is 38.8 Å². The summed E-state index contributed by atoms with van der Waals surface area (Å²) in [5.41, 5.74) is 0. The molecule has 0 rings (SSSR count). The molecule has 0 spiro atoms. The predicted molar refractivity (Wildman–Crippen MR) is 52.6 cm³/mol. The van der Waals surface area contributed by atoms with Gasteiger partial charge < -0.3 is 0 Å². The van der Waals surface area contributed by atoms with Crippen LogP contribution in [0, 0.1) is 5.92 Å². The molecule has 12 heavy (non-hydrogen) atoms. The van der Waals surface area contributed by atoms with Crippen molar-refractivity contribution in [1.82, 2.24) is 0 Å². The highest BCUT2D eigenvalue weighted by molar-refractivity contribution is 14.1. The van der Waals surface area contributed by atoms with Crippen LogP contribution in [0.1, 0.15) is 32.6 Å². The summed E-state index contributed by atoms with van der Waals surface area (Å²) in [6, 6.07) is 0. The van der Waals surface area contributed by atoms with Gasteiger partial charge in [0, 0.05) is 4.43 Å². The van der Waals surface area contributed by atoms with Gasteiger partial charge in [-0.05, 0) is 6.42 Å². The maximum Gasteiger partial charge on any atom is 0.392 e. The van der Waals surface area contributed by atoms with Crippen LogP contribution in [0.5, 0.6) is 0 Å². The van der Waals surface area contributed by atoms with E-state index in [4.69, 9.17) is 0 Å². The zero-order valence-electron chi connectivity index (χ0n) is 7.12. The molecule has 0 aromatic rings. The molecule has 0 nitrogen and oxygen atoms in total. The van der Waals surface area contributed by atoms with Crippen molar-refractivity contribution in [2.24, 2.45) is 5.92 Å². The molecule has 0 aromatic heterocycles. The first-order valence-corrected chi connectivity index (χ1v) is 5.67. The van der Waals surface area contributed by atoms with E-state index in [-0.39, 0.29) is 4.43 Å². The van der Waals surface area contributed by atoms with Gasteiger partial charge in [-0.15, -0.1) is 0 Å². The average Bonchev–Trinajstić information content (AvgIpc) is 1.95. The Hall–Kier alpha value is 0.520. The highest BCUT2D eigenvalue weighted by Crippen LogP contribution is 2.31. The summed E-state index contributed by atoms with van der Waals surface area (Å²) in [7, 11) is 0. The van der Waals surface area contributed by atoms with Crippen LogP contribution in [0.2, 0.25) is 0 Å². The van der Waals surface area contributed by atoms with E-state index in [9.17, 15) is 13.2 Å². The maximum absolute atomic E-state index is 12.1. The number of rotatable bonds is 5. The minimum atomic E-state index is -3.99. The van der Waals surface area contributed by atoms with Crippen LogP contribution in [0.4, 0.5) is 13.2 Å². The van der Waals surface area contributed by atoms with Crippen LogP contribution in [-0.2, 0) is 0 Å². The molecular formula is C8H14F3I. The molecule has 0 amide bonds. The van der Waals surface area contributed by atoms with E-state index in [1.54, 1.807) is 22.6 Å². The molecule has 74 valence electrons. The highest BCUT2D eigenvalue weighted by Gasteiger charge is 2.37. The quantitative estimate of drug-likeness (QED) is 0.405. The smallest absolute Gasteiger partial charge is 0.171 e. The first-order valence-electron chi connectivity index (χ1n) is 4.15. The third-order valence-electron chi connectivity index (χ3n) is 1.81. The molecular weight excluding hydrogens is 280 g/mol. The second-order valence-electron chi connectivity index (χ2n) is 2.89. The van der Waals surface area contributed by atoms with Crippen molar-refractivity contribution < 1.29 is 13.2 Å². The second-order valence-corrected chi connectivity index (χ2v) is 3.77. The number of alkyl halides is 4.